The largest absolute Gasteiger partial charge is 0.492 e. The van der Waals surface area contributed by atoms with Gasteiger partial charge in [0.25, 0.3) is 0 Å². The first-order valence-electron chi connectivity index (χ1n) is 10.2. The molecule has 0 spiro atoms. The van der Waals surface area contributed by atoms with Crippen LogP contribution in [0.1, 0.15) is 23.4 Å². The summed E-state index contributed by atoms with van der Waals surface area (Å²) in [7, 11) is 2.00. The first kappa shape index (κ1) is 21.6. The van der Waals surface area contributed by atoms with Crippen LogP contribution in [0, 0.1) is 20.8 Å². The Morgan fingerprint density at radius 2 is 1.83 bits per heavy atom. The Bertz CT molecular complexity index is 982. The predicted octanol–water partition coefficient (Wildman–Crippen LogP) is 4.14. The van der Waals surface area contributed by atoms with Gasteiger partial charge in [0.1, 0.15) is 12.4 Å². The maximum atomic E-state index is 12.5. The quantitative estimate of drug-likeness (QED) is 0.580. The summed E-state index contributed by atoms with van der Waals surface area (Å²) in [5.74, 6) is 0.864. The molecule has 0 unspecified atom stereocenters. The van der Waals surface area contributed by atoms with Crippen molar-refractivity contribution in [3.63, 3.8) is 0 Å². The number of nitrogens with zero attached hydrogens (tertiary/aromatic N) is 3. The summed E-state index contributed by atoms with van der Waals surface area (Å²) in [6.45, 7) is 7.93. The second-order valence-corrected chi connectivity index (χ2v) is 7.56. The summed E-state index contributed by atoms with van der Waals surface area (Å²) in [4.78, 5) is 14.6. The molecular formula is C24H30N4O2. The molecule has 0 bridgehead atoms. The van der Waals surface area contributed by atoms with Gasteiger partial charge in [-0.3, -0.25) is 4.79 Å². The Morgan fingerprint density at radius 1 is 1.07 bits per heavy atom. The highest BCUT2D eigenvalue weighted by atomic mass is 16.5. The van der Waals surface area contributed by atoms with Gasteiger partial charge in [-0.2, -0.15) is 5.10 Å². The normalized spacial score (nSPS) is 11.0. The van der Waals surface area contributed by atoms with Gasteiger partial charge in [-0.15, -0.1) is 0 Å². The van der Waals surface area contributed by atoms with Gasteiger partial charge in [0, 0.05) is 19.5 Å². The van der Waals surface area contributed by atoms with Gasteiger partial charge in [0.05, 0.1) is 22.8 Å². The van der Waals surface area contributed by atoms with Gasteiger partial charge >= 0.3 is 0 Å². The summed E-state index contributed by atoms with van der Waals surface area (Å²) in [5, 5.41) is 7.61. The molecular weight excluding hydrogens is 376 g/mol. The number of likely N-dealkylation sites (N-methyl/N-ethyl adjacent to an activating group) is 1. The highest BCUT2D eigenvalue weighted by Gasteiger charge is 2.15. The second kappa shape index (κ2) is 10.1. The van der Waals surface area contributed by atoms with Crippen molar-refractivity contribution in [1.29, 1.82) is 0 Å². The van der Waals surface area contributed by atoms with E-state index in [-0.39, 0.29) is 5.91 Å². The Kier molecular flexibility index (Phi) is 7.25. The molecule has 2 aromatic carbocycles. The van der Waals surface area contributed by atoms with E-state index in [1.54, 1.807) is 0 Å². The topological polar surface area (TPSA) is 59.4 Å². The van der Waals surface area contributed by atoms with Gasteiger partial charge in [-0.25, -0.2) is 4.68 Å². The first-order valence-corrected chi connectivity index (χ1v) is 10.2. The molecule has 0 saturated carbocycles. The van der Waals surface area contributed by atoms with Crippen LogP contribution in [0.3, 0.4) is 0 Å². The lowest BCUT2D eigenvalue weighted by atomic mass is 10.2. The van der Waals surface area contributed by atoms with E-state index in [1.165, 1.54) is 5.56 Å². The maximum Gasteiger partial charge on any atom is 0.225 e. The molecule has 0 aliphatic rings. The monoisotopic (exact) mass is 406 g/mol. The number of benzene rings is 2. The van der Waals surface area contributed by atoms with Crippen LogP contribution in [0.25, 0.3) is 5.69 Å². The zero-order valence-corrected chi connectivity index (χ0v) is 18.2. The van der Waals surface area contributed by atoms with Gasteiger partial charge in [-0.1, -0.05) is 30.3 Å². The van der Waals surface area contributed by atoms with Crippen LogP contribution in [0.2, 0.25) is 0 Å². The summed E-state index contributed by atoms with van der Waals surface area (Å²) >= 11 is 0. The molecule has 6 nitrogen and oxygen atoms in total. The summed E-state index contributed by atoms with van der Waals surface area (Å²) < 4.78 is 7.64. The zero-order valence-electron chi connectivity index (χ0n) is 18.2. The average Bonchev–Trinajstić information content (AvgIpc) is 3.01. The van der Waals surface area contributed by atoms with E-state index in [9.17, 15) is 4.79 Å². The number of hydrogen-bond acceptors (Lipinski definition) is 4. The molecule has 0 fully saturated rings. The van der Waals surface area contributed by atoms with Gasteiger partial charge in [0.2, 0.25) is 5.91 Å². The first-order chi connectivity index (χ1) is 14.4. The molecule has 3 aromatic rings. The fourth-order valence-electron chi connectivity index (χ4n) is 3.27. The van der Waals surface area contributed by atoms with E-state index in [2.05, 4.69) is 15.3 Å². The van der Waals surface area contributed by atoms with Crippen molar-refractivity contribution in [1.82, 2.24) is 14.7 Å². The molecule has 30 heavy (non-hydrogen) atoms. The molecule has 1 aromatic heterocycles. The third kappa shape index (κ3) is 5.70. The third-order valence-electron chi connectivity index (χ3n) is 5.01. The van der Waals surface area contributed by atoms with Crippen LogP contribution in [-0.4, -0.2) is 47.3 Å². The lowest BCUT2D eigenvalue weighted by Crippen LogP contribution is -2.28. The molecule has 0 radical (unpaired) electrons. The Labute approximate surface area is 178 Å². The van der Waals surface area contributed by atoms with Gasteiger partial charge < -0.3 is 15.0 Å². The van der Waals surface area contributed by atoms with Crippen molar-refractivity contribution < 1.29 is 9.53 Å². The maximum absolute atomic E-state index is 12.5. The fraction of sp³-hybridized carbons (Fsp3) is 0.333. The fourth-order valence-corrected chi connectivity index (χ4v) is 3.27. The Hall–Kier alpha value is -3.12. The third-order valence-corrected chi connectivity index (χ3v) is 5.01. The van der Waals surface area contributed by atoms with E-state index in [1.807, 2.05) is 87.1 Å². The smallest absolute Gasteiger partial charge is 0.225 e. The number of nitrogens with one attached hydrogen (secondary N) is 1. The van der Waals surface area contributed by atoms with Crippen LogP contribution in [-0.2, 0) is 4.79 Å². The number of amides is 1. The molecule has 158 valence electrons. The van der Waals surface area contributed by atoms with Crippen molar-refractivity contribution in [3.8, 4) is 11.4 Å². The van der Waals surface area contributed by atoms with Crippen molar-refractivity contribution >= 4 is 11.6 Å². The van der Waals surface area contributed by atoms with Crippen LogP contribution < -0.4 is 10.1 Å². The molecule has 0 atom stereocenters. The minimum atomic E-state index is -0.0136. The van der Waals surface area contributed by atoms with E-state index in [0.717, 1.165) is 35.1 Å². The summed E-state index contributed by atoms with van der Waals surface area (Å²) in [5.41, 5.74) is 4.68. The molecule has 0 saturated heterocycles. The molecule has 3 rings (SSSR count). The number of carbonyl (C=O) groups is 1. The predicted molar refractivity (Wildman–Crippen MR) is 120 cm³/mol. The Balaban J connectivity index is 1.47. The van der Waals surface area contributed by atoms with Crippen LogP contribution in [0.15, 0.2) is 54.6 Å². The van der Waals surface area contributed by atoms with Crippen molar-refractivity contribution in [2.45, 2.75) is 27.2 Å². The zero-order chi connectivity index (χ0) is 21.5. The number of ether oxygens (including phenoxy) is 1. The molecule has 1 heterocycles. The standard InChI is InChI=1S/C24H30N4O2/c1-18-9-8-12-22(17-18)30-16-15-27(4)14-13-23(29)25-24-19(2)26-28(20(24)3)21-10-6-5-7-11-21/h5-12,17H,13-16H2,1-4H3,(H,25,29). The van der Waals surface area contributed by atoms with Crippen molar-refractivity contribution in [2.75, 3.05) is 32.1 Å². The number of para-hydroxylation sites is 1. The van der Waals surface area contributed by atoms with Crippen LogP contribution in [0.5, 0.6) is 5.75 Å². The minimum absolute atomic E-state index is 0.0136. The van der Waals surface area contributed by atoms with Crippen molar-refractivity contribution in [3.05, 3.63) is 71.5 Å². The van der Waals surface area contributed by atoms with Crippen LogP contribution >= 0.6 is 0 Å². The highest BCUT2D eigenvalue weighted by Crippen LogP contribution is 2.22. The number of carbonyl (C=O) groups excluding carboxylic acids is 1. The second-order valence-electron chi connectivity index (χ2n) is 7.56. The van der Waals surface area contributed by atoms with E-state index >= 15 is 0 Å². The highest BCUT2D eigenvalue weighted by molar-refractivity contribution is 5.92. The number of hydrogen-bond donors (Lipinski definition) is 1. The number of anilines is 1. The molecule has 1 N–H and O–H groups in total. The summed E-state index contributed by atoms with van der Waals surface area (Å²) in [6.07, 6.45) is 0.413. The minimum Gasteiger partial charge on any atom is -0.492 e. The lowest BCUT2D eigenvalue weighted by Gasteiger charge is -2.17. The molecule has 1 amide bonds. The van der Waals surface area contributed by atoms with Gasteiger partial charge in [0.15, 0.2) is 0 Å². The number of aryl methyl sites for hydroxylation is 2. The molecule has 6 heteroatoms. The number of rotatable bonds is 9. The van der Waals surface area contributed by atoms with Crippen LogP contribution in [0.4, 0.5) is 5.69 Å². The SMILES string of the molecule is Cc1cccc(OCCN(C)CCC(=O)Nc2c(C)nn(-c3ccccc3)c2C)c1. The number of aromatic nitrogens is 2. The van der Waals surface area contributed by atoms with Gasteiger partial charge in [-0.05, 0) is 57.6 Å². The molecule has 0 aliphatic heterocycles. The van der Waals surface area contributed by atoms with E-state index in [4.69, 9.17) is 4.74 Å². The lowest BCUT2D eigenvalue weighted by molar-refractivity contribution is -0.116. The Morgan fingerprint density at radius 3 is 2.57 bits per heavy atom. The average molecular weight is 407 g/mol. The van der Waals surface area contributed by atoms with E-state index in [0.29, 0.717) is 19.6 Å². The van der Waals surface area contributed by atoms with E-state index < -0.39 is 0 Å². The summed E-state index contributed by atoms with van der Waals surface area (Å²) in [6, 6.07) is 17.9. The van der Waals surface area contributed by atoms with Crippen molar-refractivity contribution in [2.24, 2.45) is 0 Å². The molecule has 0 aliphatic carbocycles.